The van der Waals surface area contributed by atoms with Gasteiger partial charge in [-0.3, -0.25) is 9.69 Å². The monoisotopic (exact) mass is 307 g/mol. The molecule has 2 atom stereocenters. The van der Waals surface area contributed by atoms with Gasteiger partial charge in [0.05, 0.1) is 6.04 Å². The summed E-state index contributed by atoms with van der Waals surface area (Å²) >= 11 is 0. The van der Waals surface area contributed by atoms with E-state index in [-0.39, 0.29) is 11.9 Å². The van der Waals surface area contributed by atoms with Gasteiger partial charge in [0, 0.05) is 19.1 Å². The number of amides is 1. The minimum absolute atomic E-state index is 0.0486. The van der Waals surface area contributed by atoms with Crippen LogP contribution >= 0.6 is 0 Å². The summed E-state index contributed by atoms with van der Waals surface area (Å²) in [7, 11) is 0. The van der Waals surface area contributed by atoms with E-state index in [0.717, 1.165) is 19.0 Å². The zero-order valence-electron chi connectivity index (χ0n) is 14.2. The van der Waals surface area contributed by atoms with Gasteiger partial charge in [-0.25, -0.2) is 0 Å². The second-order valence-electron chi connectivity index (χ2n) is 7.68. The van der Waals surface area contributed by atoms with Crippen molar-refractivity contribution in [3.05, 3.63) is 0 Å². The van der Waals surface area contributed by atoms with Crippen LogP contribution in [0.1, 0.15) is 58.3 Å². The number of piperidine rings is 1. The quantitative estimate of drug-likeness (QED) is 0.846. The molecule has 4 nitrogen and oxygen atoms in total. The molecule has 1 aliphatic carbocycles. The maximum atomic E-state index is 12.3. The molecule has 0 bridgehead atoms. The van der Waals surface area contributed by atoms with Crippen molar-refractivity contribution in [3.63, 3.8) is 0 Å². The summed E-state index contributed by atoms with van der Waals surface area (Å²) in [6.07, 6.45) is 10.5. The molecule has 1 saturated carbocycles. The number of rotatable bonds is 5. The van der Waals surface area contributed by atoms with Gasteiger partial charge in [-0.1, -0.05) is 12.8 Å². The molecule has 0 aromatic rings. The number of carbonyl (C=O) groups is 1. The van der Waals surface area contributed by atoms with E-state index < -0.39 is 0 Å². The van der Waals surface area contributed by atoms with Crippen molar-refractivity contribution in [2.75, 3.05) is 32.7 Å². The molecule has 3 aliphatic rings. The van der Waals surface area contributed by atoms with Crippen LogP contribution < -0.4 is 5.32 Å². The van der Waals surface area contributed by atoms with Crippen molar-refractivity contribution < 1.29 is 4.79 Å². The van der Waals surface area contributed by atoms with Crippen LogP contribution in [0, 0.1) is 5.92 Å². The normalized spacial score (nSPS) is 29.8. The van der Waals surface area contributed by atoms with Gasteiger partial charge in [0.1, 0.15) is 0 Å². The molecular formula is C18H33N3O. The van der Waals surface area contributed by atoms with E-state index in [2.05, 4.69) is 22.0 Å². The minimum Gasteiger partial charge on any atom is -0.352 e. The van der Waals surface area contributed by atoms with Crippen molar-refractivity contribution in [3.8, 4) is 0 Å². The first kappa shape index (κ1) is 16.3. The van der Waals surface area contributed by atoms with E-state index in [0.29, 0.717) is 6.04 Å². The highest BCUT2D eigenvalue weighted by Gasteiger charge is 2.31. The Balaban J connectivity index is 1.46. The molecule has 0 aromatic carbocycles. The Morgan fingerprint density at radius 1 is 1.05 bits per heavy atom. The summed E-state index contributed by atoms with van der Waals surface area (Å²) in [5.74, 6) is 1.00. The maximum Gasteiger partial charge on any atom is 0.237 e. The Morgan fingerprint density at radius 3 is 2.45 bits per heavy atom. The van der Waals surface area contributed by atoms with Gasteiger partial charge in [0.2, 0.25) is 5.91 Å². The van der Waals surface area contributed by atoms with Crippen LogP contribution in [-0.2, 0) is 4.79 Å². The van der Waals surface area contributed by atoms with E-state index in [1.165, 1.54) is 71.0 Å². The second kappa shape index (κ2) is 7.78. The first-order valence-corrected chi connectivity index (χ1v) is 9.49. The number of nitrogens with zero attached hydrogens (tertiary/aromatic N) is 2. The Kier molecular flexibility index (Phi) is 5.75. The zero-order chi connectivity index (χ0) is 15.4. The van der Waals surface area contributed by atoms with Crippen LogP contribution in [0.3, 0.4) is 0 Å². The third-order valence-electron chi connectivity index (χ3n) is 5.62. The summed E-state index contributed by atoms with van der Waals surface area (Å²) in [5, 5.41) is 3.16. The van der Waals surface area contributed by atoms with Crippen LogP contribution in [0.2, 0.25) is 0 Å². The second-order valence-corrected chi connectivity index (χ2v) is 7.68. The third-order valence-corrected chi connectivity index (χ3v) is 5.62. The average Bonchev–Trinajstić information content (AvgIpc) is 3.35. The van der Waals surface area contributed by atoms with Crippen LogP contribution in [0.25, 0.3) is 0 Å². The summed E-state index contributed by atoms with van der Waals surface area (Å²) in [5.41, 5.74) is 0. The number of nitrogens with one attached hydrogen (secondary N) is 1. The number of likely N-dealkylation sites (tertiary alicyclic amines) is 2. The topological polar surface area (TPSA) is 35.6 Å². The number of hydrogen-bond acceptors (Lipinski definition) is 3. The molecule has 0 radical (unpaired) electrons. The predicted octanol–water partition coefficient (Wildman–Crippen LogP) is 2.24. The molecule has 2 aliphatic heterocycles. The lowest BCUT2D eigenvalue weighted by Crippen LogP contribution is -2.51. The number of carbonyl (C=O) groups excluding carboxylic acids is 1. The van der Waals surface area contributed by atoms with Crippen LogP contribution in [-0.4, -0.2) is 60.5 Å². The van der Waals surface area contributed by atoms with Crippen LogP contribution in [0.4, 0.5) is 0 Å². The summed E-state index contributed by atoms with van der Waals surface area (Å²) in [6.45, 7) is 8.10. The molecule has 126 valence electrons. The summed E-state index contributed by atoms with van der Waals surface area (Å²) in [6, 6.07) is 0.528. The lowest BCUT2D eigenvalue weighted by molar-refractivity contribution is -0.126. The van der Waals surface area contributed by atoms with E-state index in [9.17, 15) is 4.79 Å². The first-order valence-electron chi connectivity index (χ1n) is 9.49. The first-order chi connectivity index (χ1) is 10.7. The molecule has 1 amide bonds. The third kappa shape index (κ3) is 4.69. The molecule has 0 spiro atoms. The van der Waals surface area contributed by atoms with Crippen LogP contribution in [0.5, 0.6) is 0 Å². The number of hydrogen-bond donors (Lipinski definition) is 1. The lowest BCUT2D eigenvalue weighted by atomic mass is 9.96. The standard InChI is InChI=1S/C18H33N3O/c1-15(18(22)19-17-8-9-17)21-12-6-7-16(14-21)13-20-10-4-2-3-5-11-20/h15-17H,2-14H2,1H3,(H,19,22). The van der Waals surface area contributed by atoms with Gasteiger partial charge in [-0.2, -0.15) is 0 Å². The zero-order valence-corrected chi connectivity index (χ0v) is 14.2. The fourth-order valence-corrected chi connectivity index (χ4v) is 4.00. The smallest absolute Gasteiger partial charge is 0.237 e. The minimum atomic E-state index is 0.0486. The van der Waals surface area contributed by atoms with Gasteiger partial charge in [0.25, 0.3) is 0 Å². The van der Waals surface area contributed by atoms with Crippen molar-refractivity contribution in [1.29, 1.82) is 0 Å². The highest BCUT2D eigenvalue weighted by molar-refractivity contribution is 5.81. The Hall–Kier alpha value is -0.610. The molecular weight excluding hydrogens is 274 g/mol. The van der Waals surface area contributed by atoms with E-state index in [4.69, 9.17) is 0 Å². The molecule has 3 fully saturated rings. The molecule has 2 saturated heterocycles. The summed E-state index contributed by atoms with van der Waals surface area (Å²) in [4.78, 5) is 17.4. The Labute approximate surface area is 135 Å². The van der Waals surface area contributed by atoms with Gasteiger partial charge < -0.3 is 10.2 Å². The van der Waals surface area contributed by atoms with E-state index in [1.807, 2.05) is 0 Å². The van der Waals surface area contributed by atoms with Gasteiger partial charge in [-0.15, -0.1) is 0 Å². The largest absolute Gasteiger partial charge is 0.352 e. The summed E-state index contributed by atoms with van der Waals surface area (Å²) < 4.78 is 0. The fourth-order valence-electron chi connectivity index (χ4n) is 4.00. The van der Waals surface area contributed by atoms with Gasteiger partial charge >= 0.3 is 0 Å². The molecule has 4 heteroatoms. The molecule has 22 heavy (non-hydrogen) atoms. The SMILES string of the molecule is CC(C(=O)NC1CC1)N1CCCC(CN2CCCCCC2)C1. The highest BCUT2D eigenvalue weighted by Crippen LogP contribution is 2.23. The maximum absolute atomic E-state index is 12.3. The van der Waals surface area contributed by atoms with Gasteiger partial charge in [0.15, 0.2) is 0 Å². The van der Waals surface area contributed by atoms with Crippen molar-refractivity contribution in [2.24, 2.45) is 5.92 Å². The molecule has 3 rings (SSSR count). The Morgan fingerprint density at radius 2 is 1.77 bits per heavy atom. The van der Waals surface area contributed by atoms with Crippen molar-refractivity contribution in [1.82, 2.24) is 15.1 Å². The molecule has 2 heterocycles. The van der Waals surface area contributed by atoms with Gasteiger partial charge in [-0.05, 0) is 71.0 Å². The molecule has 1 N–H and O–H groups in total. The Bertz CT molecular complexity index is 361. The van der Waals surface area contributed by atoms with E-state index >= 15 is 0 Å². The van der Waals surface area contributed by atoms with Crippen molar-refractivity contribution in [2.45, 2.75) is 70.4 Å². The lowest BCUT2D eigenvalue weighted by Gasteiger charge is -2.38. The van der Waals surface area contributed by atoms with Crippen LogP contribution in [0.15, 0.2) is 0 Å². The van der Waals surface area contributed by atoms with Crippen molar-refractivity contribution >= 4 is 5.91 Å². The molecule has 0 aromatic heterocycles. The van der Waals surface area contributed by atoms with E-state index in [1.54, 1.807) is 0 Å². The predicted molar refractivity (Wildman–Crippen MR) is 89.8 cm³/mol. The fraction of sp³-hybridized carbons (Fsp3) is 0.944. The average molecular weight is 307 g/mol. The molecule has 2 unspecified atom stereocenters. The highest BCUT2D eigenvalue weighted by atomic mass is 16.2.